The third kappa shape index (κ3) is 2.82. The molecule has 1 aromatic carbocycles. The molecule has 4 nitrogen and oxygen atoms in total. The smallest absolute Gasteiger partial charge is 0.223 e. The van der Waals surface area contributed by atoms with Gasteiger partial charge in [0, 0.05) is 21.6 Å². The van der Waals surface area contributed by atoms with Gasteiger partial charge < -0.3 is 9.84 Å². The molecule has 0 aliphatic heterocycles. The minimum absolute atomic E-state index is 0.534. The summed E-state index contributed by atoms with van der Waals surface area (Å²) < 4.78 is 6.90. The van der Waals surface area contributed by atoms with Crippen molar-refractivity contribution < 1.29 is 4.52 Å². The fraction of sp³-hybridized carbons (Fsp3) is 0.200. The molecule has 0 spiro atoms. The van der Waals surface area contributed by atoms with Gasteiger partial charge in [-0.05, 0) is 34.1 Å². The first kappa shape index (κ1) is 11.6. The van der Waals surface area contributed by atoms with E-state index in [1.54, 1.807) is 6.92 Å². The SMILES string of the molecule is Cc1nc(CNc2cc(Br)ccc2Br)no1. The van der Waals surface area contributed by atoms with Crippen molar-refractivity contribution in [1.82, 2.24) is 10.1 Å². The lowest BCUT2D eigenvalue weighted by atomic mass is 10.3. The molecule has 1 heterocycles. The summed E-state index contributed by atoms with van der Waals surface area (Å²) in [7, 11) is 0. The second-order valence-electron chi connectivity index (χ2n) is 3.21. The Hall–Kier alpha value is -0.880. The highest BCUT2D eigenvalue weighted by molar-refractivity contribution is 9.11. The lowest BCUT2D eigenvalue weighted by molar-refractivity contribution is 0.388. The number of aryl methyl sites for hydroxylation is 1. The molecule has 0 aliphatic carbocycles. The van der Waals surface area contributed by atoms with Crippen LogP contribution < -0.4 is 5.32 Å². The van der Waals surface area contributed by atoms with Crippen LogP contribution in [0.5, 0.6) is 0 Å². The topological polar surface area (TPSA) is 51.0 Å². The van der Waals surface area contributed by atoms with Crippen LogP contribution in [0.25, 0.3) is 0 Å². The number of rotatable bonds is 3. The Kier molecular flexibility index (Phi) is 3.60. The molecule has 2 aromatic rings. The van der Waals surface area contributed by atoms with Gasteiger partial charge in [-0.1, -0.05) is 21.1 Å². The van der Waals surface area contributed by atoms with Crippen molar-refractivity contribution in [2.75, 3.05) is 5.32 Å². The number of hydrogen-bond donors (Lipinski definition) is 1. The first-order valence-electron chi connectivity index (χ1n) is 4.63. The number of nitrogens with zero attached hydrogens (tertiary/aromatic N) is 2. The van der Waals surface area contributed by atoms with Crippen molar-refractivity contribution in [2.24, 2.45) is 0 Å². The number of anilines is 1. The van der Waals surface area contributed by atoms with E-state index < -0.39 is 0 Å². The van der Waals surface area contributed by atoms with Gasteiger partial charge in [-0.15, -0.1) is 0 Å². The van der Waals surface area contributed by atoms with Crippen molar-refractivity contribution in [2.45, 2.75) is 13.5 Å². The van der Waals surface area contributed by atoms with E-state index in [1.807, 2.05) is 18.2 Å². The molecular weight excluding hydrogens is 338 g/mol. The molecule has 0 atom stereocenters. The molecule has 0 amide bonds. The molecule has 1 aromatic heterocycles. The zero-order valence-corrected chi connectivity index (χ0v) is 11.7. The molecule has 0 unspecified atom stereocenters. The summed E-state index contributed by atoms with van der Waals surface area (Å²) in [5.41, 5.74) is 0.983. The third-order valence-corrected chi connectivity index (χ3v) is 3.12. The van der Waals surface area contributed by atoms with Crippen LogP contribution in [0.3, 0.4) is 0 Å². The zero-order valence-electron chi connectivity index (χ0n) is 8.50. The summed E-state index contributed by atoms with van der Waals surface area (Å²) in [6.45, 7) is 2.30. The third-order valence-electron chi connectivity index (χ3n) is 1.93. The highest BCUT2D eigenvalue weighted by Gasteiger charge is 2.04. The predicted octanol–water partition coefficient (Wildman–Crippen LogP) is 3.52. The second kappa shape index (κ2) is 4.97. The van der Waals surface area contributed by atoms with Gasteiger partial charge >= 0.3 is 0 Å². The van der Waals surface area contributed by atoms with Gasteiger partial charge in [0.2, 0.25) is 5.89 Å². The number of hydrogen-bond acceptors (Lipinski definition) is 4. The minimum Gasteiger partial charge on any atom is -0.377 e. The van der Waals surface area contributed by atoms with Crippen LogP contribution in [-0.4, -0.2) is 10.1 Å². The molecule has 0 bridgehead atoms. The number of halogens is 2. The van der Waals surface area contributed by atoms with Crippen molar-refractivity contribution in [3.8, 4) is 0 Å². The normalized spacial score (nSPS) is 10.4. The molecule has 0 aliphatic rings. The van der Waals surface area contributed by atoms with Crippen LogP contribution in [0.1, 0.15) is 11.7 Å². The maximum absolute atomic E-state index is 4.88. The first-order chi connectivity index (χ1) is 7.65. The van der Waals surface area contributed by atoms with Gasteiger partial charge in [0.05, 0.1) is 6.54 Å². The van der Waals surface area contributed by atoms with E-state index in [2.05, 4.69) is 47.3 Å². The Morgan fingerprint density at radius 2 is 2.19 bits per heavy atom. The van der Waals surface area contributed by atoms with Gasteiger partial charge in [-0.3, -0.25) is 0 Å². The maximum Gasteiger partial charge on any atom is 0.223 e. The van der Waals surface area contributed by atoms with E-state index in [9.17, 15) is 0 Å². The van der Waals surface area contributed by atoms with Crippen molar-refractivity contribution >= 4 is 37.5 Å². The highest BCUT2D eigenvalue weighted by Crippen LogP contribution is 2.26. The van der Waals surface area contributed by atoms with E-state index >= 15 is 0 Å². The number of nitrogens with one attached hydrogen (secondary N) is 1. The summed E-state index contributed by atoms with van der Waals surface area (Å²) in [4.78, 5) is 4.11. The van der Waals surface area contributed by atoms with Gasteiger partial charge in [0.15, 0.2) is 5.82 Å². The number of benzene rings is 1. The molecule has 0 radical (unpaired) electrons. The summed E-state index contributed by atoms with van der Waals surface area (Å²) >= 11 is 6.88. The van der Waals surface area contributed by atoms with Gasteiger partial charge in [0.25, 0.3) is 0 Å². The van der Waals surface area contributed by atoms with Gasteiger partial charge in [-0.25, -0.2) is 0 Å². The van der Waals surface area contributed by atoms with E-state index in [0.717, 1.165) is 14.6 Å². The highest BCUT2D eigenvalue weighted by atomic mass is 79.9. The summed E-state index contributed by atoms with van der Waals surface area (Å²) in [6.07, 6.45) is 0. The van der Waals surface area contributed by atoms with Crippen LogP contribution in [0.2, 0.25) is 0 Å². The lowest BCUT2D eigenvalue weighted by Crippen LogP contribution is -2.01. The average Bonchev–Trinajstić information content (AvgIpc) is 2.66. The molecule has 6 heteroatoms. The van der Waals surface area contributed by atoms with Gasteiger partial charge in [0.1, 0.15) is 0 Å². The molecular formula is C10H9Br2N3O. The molecule has 16 heavy (non-hydrogen) atoms. The molecule has 0 fully saturated rings. The van der Waals surface area contributed by atoms with Crippen LogP contribution in [0, 0.1) is 6.92 Å². The van der Waals surface area contributed by atoms with Crippen LogP contribution in [0.15, 0.2) is 31.7 Å². The molecule has 0 saturated heterocycles. The summed E-state index contributed by atoms with van der Waals surface area (Å²) in [5.74, 6) is 1.22. The molecule has 2 rings (SSSR count). The van der Waals surface area contributed by atoms with E-state index in [-0.39, 0.29) is 0 Å². The largest absolute Gasteiger partial charge is 0.377 e. The van der Waals surface area contributed by atoms with E-state index in [1.165, 1.54) is 0 Å². The Morgan fingerprint density at radius 3 is 2.88 bits per heavy atom. The Morgan fingerprint density at radius 1 is 1.38 bits per heavy atom. The fourth-order valence-electron chi connectivity index (χ4n) is 1.22. The minimum atomic E-state index is 0.534. The monoisotopic (exact) mass is 345 g/mol. The van der Waals surface area contributed by atoms with E-state index in [4.69, 9.17) is 4.52 Å². The quantitative estimate of drug-likeness (QED) is 0.923. The van der Waals surface area contributed by atoms with Crippen LogP contribution >= 0.6 is 31.9 Å². The summed E-state index contributed by atoms with van der Waals surface area (Å²) in [6, 6.07) is 5.92. The first-order valence-corrected chi connectivity index (χ1v) is 6.22. The Labute approximate surface area is 110 Å². The lowest BCUT2D eigenvalue weighted by Gasteiger charge is -2.06. The number of aromatic nitrogens is 2. The molecule has 0 saturated carbocycles. The van der Waals surface area contributed by atoms with Crippen molar-refractivity contribution in [3.05, 3.63) is 38.9 Å². The molecule has 84 valence electrons. The predicted molar refractivity (Wildman–Crippen MR) is 68.2 cm³/mol. The van der Waals surface area contributed by atoms with Crippen LogP contribution in [0.4, 0.5) is 5.69 Å². The van der Waals surface area contributed by atoms with E-state index in [0.29, 0.717) is 18.3 Å². The molecule has 1 N–H and O–H groups in total. The van der Waals surface area contributed by atoms with Crippen LogP contribution in [-0.2, 0) is 6.54 Å². The van der Waals surface area contributed by atoms with Crippen molar-refractivity contribution in [1.29, 1.82) is 0 Å². The van der Waals surface area contributed by atoms with Gasteiger partial charge in [-0.2, -0.15) is 4.98 Å². The zero-order chi connectivity index (χ0) is 11.5. The average molecular weight is 347 g/mol. The second-order valence-corrected chi connectivity index (χ2v) is 4.98. The summed E-state index contributed by atoms with van der Waals surface area (Å²) in [5, 5.41) is 7.03. The Bertz CT molecular complexity index is 499. The maximum atomic E-state index is 4.88. The van der Waals surface area contributed by atoms with Crippen molar-refractivity contribution in [3.63, 3.8) is 0 Å². The standard InChI is InChI=1S/C10H9Br2N3O/c1-6-14-10(15-16-6)5-13-9-4-7(11)2-3-8(9)12/h2-4,13H,5H2,1H3. The Balaban J connectivity index is 2.07. The fourth-order valence-corrected chi connectivity index (χ4v) is 1.97.